The van der Waals surface area contributed by atoms with Crippen molar-refractivity contribution in [3.63, 3.8) is 0 Å². The average Bonchev–Trinajstić information content (AvgIpc) is 3.06. The third-order valence-corrected chi connectivity index (χ3v) is 6.23. The number of benzene rings is 2. The number of amides is 1. The fraction of sp³-hybridized carbons (Fsp3) is 0.348. The maximum absolute atomic E-state index is 13.3. The minimum atomic E-state index is -4.99. The van der Waals surface area contributed by atoms with Crippen LogP contribution < -0.4 is 10.4 Å². The van der Waals surface area contributed by atoms with E-state index >= 15 is 0 Å². The Morgan fingerprint density at radius 1 is 1.12 bits per heavy atom. The lowest BCUT2D eigenvalue weighted by molar-refractivity contribution is -0.176. The third-order valence-electron chi connectivity index (χ3n) is 6.23. The van der Waals surface area contributed by atoms with Gasteiger partial charge in [0.15, 0.2) is 5.69 Å². The Labute approximate surface area is 182 Å². The molecular formula is C23H22F3N2O4+. The van der Waals surface area contributed by atoms with Crippen LogP contribution in [0, 0.1) is 5.92 Å². The molecule has 2 aromatic carbocycles. The fourth-order valence-electron chi connectivity index (χ4n) is 4.91. The fourth-order valence-corrected chi connectivity index (χ4v) is 4.91. The molecule has 0 saturated heterocycles. The van der Waals surface area contributed by atoms with E-state index in [4.69, 9.17) is 10.6 Å². The van der Waals surface area contributed by atoms with Crippen LogP contribution >= 0.6 is 0 Å². The largest absolute Gasteiger partial charge is 0.462 e. The van der Waals surface area contributed by atoms with Crippen LogP contribution in [0.15, 0.2) is 42.5 Å². The number of ether oxygens (including phenoxy) is 1. The van der Waals surface area contributed by atoms with Crippen LogP contribution in [0.4, 0.5) is 18.9 Å². The number of halogens is 3. The second-order valence-corrected chi connectivity index (χ2v) is 8.16. The Hall–Kier alpha value is -3.04. The number of hydrogen-bond donors (Lipinski definition) is 1. The minimum Gasteiger partial charge on any atom is -0.462 e. The van der Waals surface area contributed by atoms with E-state index in [1.165, 1.54) is 6.07 Å². The summed E-state index contributed by atoms with van der Waals surface area (Å²) in [6, 6.07) is 11.4. The van der Waals surface area contributed by atoms with E-state index in [2.05, 4.69) is 0 Å². The number of nitrogens with zero attached hydrogens (tertiary/aromatic N) is 1. The maximum atomic E-state index is 13.3. The molecule has 1 amide bonds. The van der Waals surface area contributed by atoms with Crippen LogP contribution in [0.1, 0.15) is 51.1 Å². The molecular weight excluding hydrogens is 425 g/mol. The first-order chi connectivity index (χ1) is 15.1. The Morgan fingerprint density at radius 3 is 2.44 bits per heavy atom. The Morgan fingerprint density at radius 2 is 1.81 bits per heavy atom. The summed E-state index contributed by atoms with van der Waals surface area (Å²) in [5, 5.41) is 0. The summed E-state index contributed by atoms with van der Waals surface area (Å²) in [6.45, 7) is 1.72. The van der Waals surface area contributed by atoms with Crippen molar-refractivity contribution < 1.29 is 32.3 Å². The summed E-state index contributed by atoms with van der Waals surface area (Å²) < 4.78 is 44.1. The number of carbonyl (C=O) groups excluding carboxylic acids is 3. The predicted octanol–water partition coefficient (Wildman–Crippen LogP) is 3.68. The number of alkyl halides is 3. The van der Waals surface area contributed by atoms with Crippen molar-refractivity contribution in [2.45, 2.75) is 31.9 Å². The number of quaternary nitrogens is 1. The van der Waals surface area contributed by atoms with E-state index < -0.39 is 40.3 Å². The highest BCUT2D eigenvalue weighted by molar-refractivity contribution is 6.04. The summed E-state index contributed by atoms with van der Waals surface area (Å²) in [6.07, 6.45) is -5.34. The van der Waals surface area contributed by atoms with Gasteiger partial charge in [-0.25, -0.2) is 9.59 Å². The molecule has 2 aliphatic rings. The number of nitrogens with two attached hydrogens (primary N) is 1. The van der Waals surface area contributed by atoms with Crippen molar-refractivity contribution in [2.24, 2.45) is 11.8 Å². The van der Waals surface area contributed by atoms with Gasteiger partial charge in [-0.15, -0.1) is 4.59 Å². The molecule has 9 heteroatoms. The first-order valence-electron chi connectivity index (χ1n) is 10.3. The van der Waals surface area contributed by atoms with Crippen LogP contribution in [0.25, 0.3) is 0 Å². The van der Waals surface area contributed by atoms with Gasteiger partial charge in [0.2, 0.25) is 5.78 Å². The lowest BCUT2D eigenvalue weighted by atomic mass is 9.74. The monoisotopic (exact) mass is 447 g/mol. The van der Waals surface area contributed by atoms with Crippen molar-refractivity contribution in [1.29, 1.82) is 0 Å². The first-order valence-corrected chi connectivity index (χ1v) is 10.3. The van der Waals surface area contributed by atoms with Crippen molar-refractivity contribution >= 4 is 23.3 Å². The molecule has 0 spiro atoms. The predicted molar refractivity (Wildman–Crippen MR) is 110 cm³/mol. The molecule has 3 unspecified atom stereocenters. The zero-order chi connectivity index (χ0) is 23.3. The van der Waals surface area contributed by atoms with Gasteiger partial charge >= 0.3 is 18.1 Å². The molecule has 2 aromatic rings. The second-order valence-electron chi connectivity index (χ2n) is 8.16. The molecule has 2 N–H and O–H groups in total. The topological polar surface area (TPSA) is 86.5 Å². The number of rotatable bonds is 4. The number of esters is 1. The molecule has 0 fully saturated rings. The number of ketones is 1. The number of Topliss-reactive ketones (excluding diaryl/α,β-unsaturated/α-hetero) is 1. The molecule has 1 aliphatic heterocycles. The SMILES string of the molecule is CCOC(=O)c1ccc2c3c1CC(C(=O)C(F)(F)F)CC3C[N+]2(N)C(=O)c1ccccc1. The molecule has 0 radical (unpaired) electrons. The number of carbonyl (C=O) groups is 3. The van der Waals surface area contributed by atoms with Crippen LogP contribution in [-0.4, -0.2) is 37.0 Å². The Balaban J connectivity index is 1.84. The molecule has 0 saturated carbocycles. The zero-order valence-electron chi connectivity index (χ0n) is 17.3. The molecule has 1 aliphatic carbocycles. The molecule has 168 valence electrons. The Bertz CT molecular complexity index is 1100. The smallest absolute Gasteiger partial charge is 0.450 e. The summed E-state index contributed by atoms with van der Waals surface area (Å²) in [5.41, 5.74) is 1.79. The molecule has 1 heterocycles. The standard InChI is InChI=1S/C23H22F3N2O4/c1-2-32-22(31)16-8-9-18-19-15(10-14(11-17(16)19)20(29)23(24,25)26)12-28(18,27)21(30)13-6-4-3-5-7-13/h3-9,14-15H,2,10-12,27H2,1H3/q+1. The Kier molecular flexibility index (Phi) is 5.42. The van der Waals surface area contributed by atoms with Gasteiger partial charge in [-0.2, -0.15) is 19.0 Å². The van der Waals surface area contributed by atoms with E-state index in [1.54, 1.807) is 43.3 Å². The average molecular weight is 447 g/mol. The normalized spacial score (nSPS) is 24.0. The minimum absolute atomic E-state index is 0.00395. The summed E-state index contributed by atoms with van der Waals surface area (Å²) >= 11 is 0. The van der Waals surface area contributed by atoms with Gasteiger partial charge in [0.05, 0.1) is 17.7 Å². The number of hydrogen-bond acceptors (Lipinski definition) is 5. The van der Waals surface area contributed by atoms with E-state index in [1.807, 2.05) is 0 Å². The van der Waals surface area contributed by atoms with Crippen molar-refractivity contribution in [3.8, 4) is 0 Å². The van der Waals surface area contributed by atoms with Gasteiger partial charge in [0.1, 0.15) is 6.54 Å². The van der Waals surface area contributed by atoms with Crippen molar-refractivity contribution in [3.05, 3.63) is 64.7 Å². The summed E-state index contributed by atoms with van der Waals surface area (Å²) in [7, 11) is 0. The van der Waals surface area contributed by atoms with Gasteiger partial charge in [0.25, 0.3) is 0 Å². The van der Waals surface area contributed by atoms with E-state index in [0.717, 1.165) is 0 Å². The lowest BCUT2D eigenvalue weighted by Crippen LogP contribution is -2.59. The van der Waals surface area contributed by atoms with Crippen LogP contribution in [0.3, 0.4) is 0 Å². The van der Waals surface area contributed by atoms with Crippen molar-refractivity contribution in [2.75, 3.05) is 13.2 Å². The molecule has 4 rings (SSSR count). The van der Waals surface area contributed by atoms with Crippen LogP contribution in [0.2, 0.25) is 0 Å². The highest BCUT2D eigenvalue weighted by Gasteiger charge is 2.55. The zero-order valence-corrected chi connectivity index (χ0v) is 17.3. The molecule has 32 heavy (non-hydrogen) atoms. The van der Waals surface area contributed by atoms with Gasteiger partial charge in [0, 0.05) is 23.5 Å². The van der Waals surface area contributed by atoms with E-state index in [-0.39, 0.29) is 31.6 Å². The molecule has 6 nitrogen and oxygen atoms in total. The molecule has 0 aromatic heterocycles. The maximum Gasteiger partial charge on any atom is 0.450 e. The van der Waals surface area contributed by atoms with Crippen molar-refractivity contribution in [1.82, 2.24) is 4.59 Å². The molecule has 0 bridgehead atoms. The van der Waals surface area contributed by atoms with Gasteiger partial charge in [-0.1, -0.05) is 18.2 Å². The lowest BCUT2D eigenvalue weighted by Gasteiger charge is -2.27. The van der Waals surface area contributed by atoms with Crippen LogP contribution in [0.5, 0.6) is 0 Å². The first kappa shape index (κ1) is 22.2. The van der Waals surface area contributed by atoms with E-state index in [0.29, 0.717) is 22.4 Å². The van der Waals surface area contributed by atoms with Gasteiger partial charge < -0.3 is 4.74 Å². The van der Waals surface area contributed by atoms with Gasteiger partial charge in [-0.05, 0) is 43.5 Å². The second kappa shape index (κ2) is 7.83. The van der Waals surface area contributed by atoms with Crippen LogP contribution in [-0.2, 0) is 16.0 Å². The summed E-state index contributed by atoms with van der Waals surface area (Å²) in [5.74, 6) is 1.72. The highest BCUT2D eigenvalue weighted by atomic mass is 19.4. The summed E-state index contributed by atoms with van der Waals surface area (Å²) in [4.78, 5) is 37.9. The quantitative estimate of drug-likeness (QED) is 0.335. The highest BCUT2D eigenvalue weighted by Crippen LogP contribution is 2.50. The molecule has 3 atom stereocenters. The van der Waals surface area contributed by atoms with Gasteiger partial charge in [-0.3, -0.25) is 4.79 Å². The third kappa shape index (κ3) is 3.51. The van der Waals surface area contributed by atoms with E-state index in [9.17, 15) is 27.6 Å².